The Balaban J connectivity index is 0.00000288. The molecular weight excluding hydrogens is 360 g/mol. The summed E-state index contributed by atoms with van der Waals surface area (Å²) in [6.45, 7) is 5.83. The fourth-order valence-corrected chi connectivity index (χ4v) is 2.13. The molecule has 9 heteroatoms. The average molecular weight is 384 g/mol. The zero-order valence-corrected chi connectivity index (χ0v) is 14.4. The molecule has 0 unspecified atom stereocenters. The average Bonchev–Trinajstić information content (AvgIpc) is 2.58. The van der Waals surface area contributed by atoms with E-state index in [2.05, 4.69) is 31.6 Å². The van der Waals surface area contributed by atoms with E-state index in [0.717, 1.165) is 26.2 Å². The summed E-state index contributed by atoms with van der Waals surface area (Å²) in [5.41, 5.74) is 0.497. The molecule has 2 amide bonds. The van der Waals surface area contributed by atoms with Crippen molar-refractivity contribution >= 4 is 11.8 Å². The molecule has 1 radical (unpaired) electrons. The van der Waals surface area contributed by atoms with Gasteiger partial charge in [-0.1, -0.05) is 6.07 Å². The quantitative estimate of drug-likeness (QED) is 0.343. The van der Waals surface area contributed by atoms with Crippen molar-refractivity contribution in [3.05, 3.63) is 29.6 Å². The second-order valence-corrected chi connectivity index (χ2v) is 5.17. The molecule has 1 aromatic heterocycles. The van der Waals surface area contributed by atoms with Crippen molar-refractivity contribution in [1.29, 1.82) is 0 Å². The molecule has 1 aromatic rings. The molecule has 135 valence electrons. The molecule has 5 N–H and O–H groups in total. The Kier molecular flexibility index (Phi) is 10.2. The number of pyridine rings is 1. The van der Waals surface area contributed by atoms with E-state index in [0.29, 0.717) is 26.2 Å². The molecule has 8 nitrogen and oxygen atoms in total. The predicted molar refractivity (Wildman–Crippen MR) is 87.5 cm³/mol. The SMILES string of the molecule is O=C1NCCNCCNCCNCCNC(=O)c2cccc1n2.[Cu+2]. The van der Waals surface area contributed by atoms with Gasteiger partial charge in [-0.25, -0.2) is 4.98 Å². The van der Waals surface area contributed by atoms with E-state index < -0.39 is 0 Å². The van der Waals surface area contributed by atoms with Crippen LogP contribution in [0.2, 0.25) is 0 Å². The van der Waals surface area contributed by atoms with Gasteiger partial charge in [0.25, 0.3) is 11.8 Å². The first-order chi connectivity index (χ1) is 11.3. The number of carbonyl (C=O) groups is 2. The number of hydrogen-bond donors (Lipinski definition) is 5. The van der Waals surface area contributed by atoms with Crippen molar-refractivity contribution in [3.8, 4) is 0 Å². The van der Waals surface area contributed by atoms with E-state index in [9.17, 15) is 9.59 Å². The van der Waals surface area contributed by atoms with Crippen LogP contribution in [0.15, 0.2) is 18.2 Å². The van der Waals surface area contributed by atoms with Crippen molar-refractivity contribution < 1.29 is 26.7 Å². The van der Waals surface area contributed by atoms with Crippen LogP contribution in [0, 0.1) is 0 Å². The number of fused-ring (bicyclic) bond motifs is 2. The number of rotatable bonds is 0. The molecule has 0 atom stereocenters. The summed E-state index contributed by atoms with van der Waals surface area (Å²) in [6, 6.07) is 4.87. The number of amides is 2. The summed E-state index contributed by atoms with van der Waals surface area (Å²) in [5.74, 6) is -0.551. The summed E-state index contributed by atoms with van der Waals surface area (Å²) in [6.07, 6.45) is 0. The van der Waals surface area contributed by atoms with Gasteiger partial charge >= 0.3 is 17.1 Å². The number of nitrogens with zero attached hydrogens (tertiary/aromatic N) is 1. The molecule has 2 heterocycles. The zero-order valence-electron chi connectivity index (χ0n) is 13.5. The second-order valence-electron chi connectivity index (χ2n) is 5.17. The van der Waals surface area contributed by atoms with Crippen LogP contribution in [0.5, 0.6) is 0 Å². The minimum absolute atomic E-state index is 0. The van der Waals surface area contributed by atoms with Crippen LogP contribution < -0.4 is 26.6 Å². The van der Waals surface area contributed by atoms with E-state index in [4.69, 9.17) is 0 Å². The summed E-state index contributed by atoms with van der Waals surface area (Å²) in [5, 5.41) is 15.4. The molecule has 24 heavy (non-hydrogen) atoms. The number of aromatic nitrogens is 1. The maximum atomic E-state index is 12.0. The van der Waals surface area contributed by atoms with Gasteiger partial charge in [0.05, 0.1) is 0 Å². The minimum atomic E-state index is -0.276. The molecule has 1 aliphatic rings. The number of carbonyl (C=O) groups excluding carboxylic acids is 2. The Morgan fingerprint density at radius 1 is 0.667 bits per heavy atom. The van der Waals surface area contributed by atoms with Gasteiger partial charge in [0.2, 0.25) is 0 Å². The molecular formula is C15H24CuN6O2+2. The van der Waals surface area contributed by atoms with Gasteiger partial charge in [-0.3, -0.25) is 9.59 Å². The van der Waals surface area contributed by atoms with Crippen LogP contribution in [0.1, 0.15) is 21.0 Å². The topological polar surface area (TPSA) is 107 Å². The largest absolute Gasteiger partial charge is 2.00 e. The fourth-order valence-electron chi connectivity index (χ4n) is 2.13. The first-order valence-electron chi connectivity index (χ1n) is 7.93. The molecule has 0 saturated heterocycles. The normalized spacial score (nSPS) is 18.3. The van der Waals surface area contributed by atoms with Gasteiger partial charge in [0.1, 0.15) is 11.4 Å². The van der Waals surface area contributed by atoms with Gasteiger partial charge in [0.15, 0.2) is 0 Å². The first-order valence-corrected chi connectivity index (χ1v) is 7.93. The molecule has 0 aromatic carbocycles. The molecule has 2 rings (SSSR count). The van der Waals surface area contributed by atoms with Gasteiger partial charge in [0, 0.05) is 52.4 Å². The molecule has 2 bridgehead atoms. The van der Waals surface area contributed by atoms with E-state index in [1.54, 1.807) is 18.2 Å². The van der Waals surface area contributed by atoms with Gasteiger partial charge in [-0.15, -0.1) is 0 Å². The Bertz CT molecular complexity index is 487. The van der Waals surface area contributed by atoms with Gasteiger partial charge in [-0.2, -0.15) is 0 Å². The van der Waals surface area contributed by atoms with Crippen molar-refractivity contribution in [2.75, 3.05) is 52.4 Å². The van der Waals surface area contributed by atoms with Crippen molar-refractivity contribution in [3.63, 3.8) is 0 Å². The third-order valence-corrected chi connectivity index (χ3v) is 3.35. The fraction of sp³-hybridized carbons (Fsp3) is 0.533. The van der Waals surface area contributed by atoms with E-state index in [-0.39, 0.29) is 40.3 Å². The van der Waals surface area contributed by atoms with Gasteiger partial charge < -0.3 is 26.6 Å². The standard InChI is InChI=1S/C15H24N6O2.Cu/c22-14-12-2-1-3-13(21-12)15(23)20-11-9-18-7-5-16-4-6-17-8-10-19-14;/h1-3,16-18H,4-11H2,(H,19,22)(H,20,23);/q;+2. The van der Waals surface area contributed by atoms with Crippen molar-refractivity contribution in [2.24, 2.45) is 0 Å². The summed E-state index contributed by atoms with van der Waals surface area (Å²) >= 11 is 0. The first kappa shape index (κ1) is 20.5. The van der Waals surface area contributed by atoms with Crippen LogP contribution in [0.4, 0.5) is 0 Å². The monoisotopic (exact) mass is 383 g/mol. The second kappa shape index (κ2) is 11.9. The van der Waals surface area contributed by atoms with E-state index >= 15 is 0 Å². The maximum Gasteiger partial charge on any atom is 2.00 e. The summed E-state index contributed by atoms with van der Waals surface area (Å²) < 4.78 is 0. The molecule has 1 aliphatic heterocycles. The van der Waals surface area contributed by atoms with E-state index in [1.165, 1.54) is 0 Å². The maximum absolute atomic E-state index is 12.0. The van der Waals surface area contributed by atoms with Crippen LogP contribution in [0.3, 0.4) is 0 Å². The molecule has 0 aliphatic carbocycles. The molecule has 0 fully saturated rings. The Hall–Kier alpha value is -1.51. The van der Waals surface area contributed by atoms with Gasteiger partial charge in [-0.05, 0) is 12.1 Å². The number of hydrogen-bond acceptors (Lipinski definition) is 6. The zero-order chi connectivity index (χ0) is 16.3. The molecule has 0 spiro atoms. The number of nitrogens with one attached hydrogen (secondary N) is 5. The predicted octanol–water partition coefficient (Wildman–Crippen LogP) is -1.68. The third kappa shape index (κ3) is 7.37. The summed E-state index contributed by atoms with van der Waals surface area (Å²) in [7, 11) is 0. The van der Waals surface area contributed by atoms with Crippen LogP contribution in [-0.2, 0) is 17.1 Å². The van der Waals surface area contributed by atoms with Crippen LogP contribution in [-0.4, -0.2) is 69.2 Å². The Labute approximate surface area is 152 Å². The Morgan fingerprint density at radius 2 is 1.04 bits per heavy atom. The molecule has 0 saturated carbocycles. The van der Waals surface area contributed by atoms with Crippen LogP contribution in [0.25, 0.3) is 0 Å². The Morgan fingerprint density at radius 3 is 1.46 bits per heavy atom. The van der Waals surface area contributed by atoms with Crippen molar-refractivity contribution in [2.45, 2.75) is 0 Å². The van der Waals surface area contributed by atoms with E-state index in [1.807, 2.05) is 0 Å². The van der Waals surface area contributed by atoms with Crippen molar-refractivity contribution in [1.82, 2.24) is 31.6 Å². The smallest absolute Gasteiger partial charge is 0.349 e. The third-order valence-electron chi connectivity index (χ3n) is 3.35. The summed E-state index contributed by atoms with van der Waals surface area (Å²) in [4.78, 5) is 28.2. The van der Waals surface area contributed by atoms with Crippen LogP contribution >= 0.6 is 0 Å². The minimum Gasteiger partial charge on any atom is -0.349 e.